The van der Waals surface area contributed by atoms with Crippen LogP contribution in [-0.2, 0) is 9.59 Å². The number of amides is 2. The fourth-order valence-corrected chi connectivity index (χ4v) is 2.92. The fraction of sp³-hybridized carbons (Fsp3) is 0.150. The minimum Gasteiger partial charge on any atom is -0.466 e. The van der Waals surface area contributed by atoms with E-state index in [1.807, 2.05) is 0 Å². The van der Waals surface area contributed by atoms with Crippen LogP contribution in [0.3, 0.4) is 0 Å². The molecule has 142 valence electrons. The minimum atomic E-state index is -1.76. The van der Waals surface area contributed by atoms with Crippen molar-refractivity contribution in [1.82, 2.24) is 9.78 Å². The van der Waals surface area contributed by atoms with Gasteiger partial charge in [0.2, 0.25) is 0 Å². The first-order chi connectivity index (χ1) is 13.4. The summed E-state index contributed by atoms with van der Waals surface area (Å²) in [5.41, 5.74) is -0.0522. The maximum absolute atomic E-state index is 13.2. The molecule has 0 bridgehead atoms. The summed E-state index contributed by atoms with van der Waals surface area (Å²) in [7, 11) is 0. The van der Waals surface area contributed by atoms with Crippen LogP contribution < -0.4 is 15.4 Å². The number of rotatable bonds is 3. The van der Waals surface area contributed by atoms with Gasteiger partial charge in [0.1, 0.15) is 17.4 Å². The van der Waals surface area contributed by atoms with Gasteiger partial charge in [-0.2, -0.15) is 5.10 Å². The molecule has 0 fully saturated rings. The molecule has 28 heavy (non-hydrogen) atoms. The number of carbonyl (C=O) groups excluding carboxylic acids is 2. The Bertz CT molecular complexity index is 1080. The van der Waals surface area contributed by atoms with Crippen LogP contribution in [0.1, 0.15) is 12.6 Å². The number of carbonyl (C=O) groups is 2. The Morgan fingerprint density at radius 1 is 1.21 bits per heavy atom. The molecule has 2 heterocycles. The average molecular weight is 380 g/mol. The Morgan fingerprint density at radius 2 is 1.93 bits per heavy atom. The van der Waals surface area contributed by atoms with Crippen molar-refractivity contribution in [3.8, 4) is 11.4 Å². The summed E-state index contributed by atoms with van der Waals surface area (Å²) in [4.78, 5) is 25.5. The summed E-state index contributed by atoms with van der Waals surface area (Å²) in [5, 5.41) is 9.71. The van der Waals surface area contributed by atoms with Crippen molar-refractivity contribution in [2.45, 2.75) is 19.4 Å². The van der Waals surface area contributed by atoms with Crippen LogP contribution >= 0.6 is 0 Å². The molecule has 2 aromatic carbocycles. The number of nitrogens with one attached hydrogen (secondary N) is 2. The molecule has 2 N–H and O–H groups in total. The highest BCUT2D eigenvalue weighted by atomic mass is 19.1. The maximum Gasteiger partial charge on any atom is 0.279 e. The van der Waals surface area contributed by atoms with E-state index in [4.69, 9.17) is 4.74 Å². The number of nitrogens with zero attached hydrogens (tertiary/aromatic N) is 2. The van der Waals surface area contributed by atoms with E-state index < -0.39 is 17.4 Å². The molecule has 2 amide bonds. The standard InChI is InChI=1S/C20H17FN4O3/c1-12-11-17(25(24-12)14-9-7-13(21)8-10-14)23-19(27)20(2)18(26)22-15-5-3-4-6-16(15)28-20/h3-11H,1-2H3,(H,22,26)(H,23,27). The number of aromatic nitrogens is 2. The molecule has 0 aliphatic carbocycles. The van der Waals surface area contributed by atoms with Crippen molar-refractivity contribution in [3.63, 3.8) is 0 Å². The molecular weight excluding hydrogens is 363 g/mol. The first-order valence-corrected chi connectivity index (χ1v) is 8.60. The molecule has 0 saturated carbocycles. The maximum atomic E-state index is 13.2. The molecule has 1 aliphatic heterocycles. The van der Waals surface area contributed by atoms with Crippen LogP contribution in [0.25, 0.3) is 5.69 Å². The second kappa shape index (κ2) is 6.49. The van der Waals surface area contributed by atoms with Gasteiger partial charge in [0.25, 0.3) is 17.4 Å². The summed E-state index contributed by atoms with van der Waals surface area (Å²) >= 11 is 0. The van der Waals surface area contributed by atoms with Gasteiger partial charge < -0.3 is 15.4 Å². The lowest BCUT2D eigenvalue weighted by molar-refractivity contribution is -0.143. The zero-order chi connectivity index (χ0) is 19.9. The van der Waals surface area contributed by atoms with Gasteiger partial charge in [-0.15, -0.1) is 0 Å². The van der Waals surface area contributed by atoms with Crippen LogP contribution in [0.5, 0.6) is 5.75 Å². The molecule has 1 aliphatic rings. The lowest BCUT2D eigenvalue weighted by atomic mass is 10.0. The van der Waals surface area contributed by atoms with Crippen LogP contribution in [0.4, 0.5) is 15.9 Å². The first kappa shape index (κ1) is 17.7. The molecule has 1 atom stereocenters. The van der Waals surface area contributed by atoms with E-state index in [0.717, 1.165) is 0 Å². The summed E-state index contributed by atoms with van der Waals surface area (Å²) in [6.07, 6.45) is 0. The van der Waals surface area contributed by atoms with Gasteiger partial charge in [0.05, 0.1) is 17.1 Å². The van der Waals surface area contributed by atoms with Crippen molar-refractivity contribution in [2.75, 3.05) is 10.6 Å². The highest BCUT2D eigenvalue weighted by Gasteiger charge is 2.47. The zero-order valence-corrected chi connectivity index (χ0v) is 15.2. The largest absolute Gasteiger partial charge is 0.466 e. The number of para-hydroxylation sites is 2. The van der Waals surface area contributed by atoms with E-state index in [9.17, 15) is 14.0 Å². The minimum absolute atomic E-state index is 0.339. The number of benzene rings is 2. The fourth-order valence-electron chi connectivity index (χ4n) is 2.92. The Labute approximate surface area is 160 Å². The van der Waals surface area contributed by atoms with Crippen LogP contribution in [0.15, 0.2) is 54.6 Å². The lowest BCUT2D eigenvalue weighted by Crippen LogP contribution is -2.56. The summed E-state index contributed by atoms with van der Waals surface area (Å²) in [5.74, 6) is -0.860. The van der Waals surface area contributed by atoms with Crippen LogP contribution in [-0.4, -0.2) is 27.2 Å². The van der Waals surface area contributed by atoms with Gasteiger partial charge in [-0.05, 0) is 50.2 Å². The molecule has 7 nitrogen and oxygen atoms in total. The Morgan fingerprint density at radius 3 is 2.68 bits per heavy atom. The summed E-state index contributed by atoms with van der Waals surface area (Å²) in [6, 6.07) is 14.2. The molecular formula is C20H17FN4O3. The highest BCUT2D eigenvalue weighted by Crippen LogP contribution is 2.34. The van der Waals surface area contributed by atoms with E-state index >= 15 is 0 Å². The zero-order valence-electron chi connectivity index (χ0n) is 15.2. The van der Waals surface area contributed by atoms with Gasteiger partial charge in [0, 0.05) is 6.07 Å². The molecule has 0 saturated heterocycles. The third kappa shape index (κ3) is 2.98. The van der Waals surface area contributed by atoms with Crippen molar-refractivity contribution in [2.24, 2.45) is 0 Å². The number of ether oxygens (including phenoxy) is 1. The predicted octanol–water partition coefficient (Wildman–Crippen LogP) is 3.05. The van der Waals surface area contributed by atoms with Crippen molar-refractivity contribution in [3.05, 3.63) is 66.1 Å². The van der Waals surface area contributed by atoms with E-state index in [2.05, 4.69) is 15.7 Å². The summed E-state index contributed by atoms with van der Waals surface area (Å²) in [6.45, 7) is 3.16. The van der Waals surface area contributed by atoms with Crippen molar-refractivity contribution in [1.29, 1.82) is 0 Å². The van der Waals surface area contributed by atoms with Crippen molar-refractivity contribution >= 4 is 23.3 Å². The van der Waals surface area contributed by atoms with Crippen molar-refractivity contribution < 1.29 is 18.7 Å². The second-order valence-corrected chi connectivity index (χ2v) is 6.60. The smallest absolute Gasteiger partial charge is 0.279 e. The van der Waals surface area contributed by atoms with Crippen LogP contribution in [0, 0.1) is 12.7 Å². The second-order valence-electron chi connectivity index (χ2n) is 6.60. The number of halogens is 1. The molecule has 0 radical (unpaired) electrons. The van der Waals surface area contributed by atoms with E-state index in [1.165, 1.54) is 23.7 Å². The average Bonchev–Trinajstić information content (AvgIpc) is 3.03. The van der Waals surface area contributed by atoms with E-state index in [-0.39, 0.29) is 5.82 Å². The molecule has 0 spiro atoms. The number of aryl methyl sites for hydroxylation is 1. The molecule has 1 unspecified atom stereocenters. The van der Waals surface area contributed by atoms with Gasteiger partial charge in [-0.25, -0.2) is 9.07 Å². The van der Waals surface area contributed by atoms with Gasteiger partial charge in [-0.3, -0.25) is 9.59 Å². The Balaban J connectivity index is 1.64. The third-order valence-corrected chi connectivity index (χ3v) is 4.46. The predicted molar refractivity (Wildman–Crippen MR) is 101 cm³/mol. The Hall–Kier alpha value is -3.68. The molecule has 8 heteroatoms. The number of fused-ring (bicyclic) bond motifs is 1. The van der Waals surface area contributed by atoms with Crippen LogP contribution in [0.2, 0.25) is 0 Å². The quantitative estimate of drug-likeness (QED) is 0.684. The third-order valence-electron chi connectivity index (χ3n) is 4.46. The Kier molecular flexibility index (Phi) is 4.11. The molecule has 1 aromatic heterocycles. The molecule has 3 aromatic rings. The summed E-state index contributed by atoms with van der Waals surface area (Å²) < 4.78 is 20.4. The SMILES string of the molecule is Cc1cc(NC(=O)C2(C)Oc3ccccc3NC2=O)n(-c2ccc(F)cc2)n1. The van der Waals surface area contributed by atoms with E-state index in [1.54, 1.807) is 49.4 Å². The number of hydrogen-bond acceptors (Lipinski definition) is 4. The number of anilines is 2. The highest BCUT2D eigenvalue weighted by molar-refractivity contribution is 6.18. The van der Waals surface area contributed by atoms with Gasteiger partial charge in [0.15, 0.2) is 0 Å². The normalized spacial score (nSPS) is 18.0. The monoisotopic (exact) mass is 380 g/mol. The first-order valence-electron chi connectivity index (χ1n) is 8.60. The van der Waals surface area contributed by atoms with Gasteiger partial charge in [-0.1, -0.05) is 12.1 Å². The topological polar surface area (TPSA) is 85.3 Å². The molecule has 4 rings (SSSR count). The lowest BCUT2D eigenvalue weighted by Gasteiger charge is -2.33. The van der Waals surface area contributed by atoms with E-state index in [0.29, 0.717) is 28.6 Å². The van der Waals surface area contributed by atoms with Gasteiger partial charge >= 0.3 is 0 Å². The number of hydrogen-bond donors (Lipinski definition) is 2.